The molecule has 0 atom stereocenters. The number of carbonyl (C=O) groups is 1. The van der Waals surface area contributed by atoms with Crippen LogP contribution in [0.15, 0.2) is 48.7 Å². The van der Waals surface area contributed by atoms with Gasteiger partial charge in [0, 0.05) is 12.0 Å². The molecule has 2 N–H and O–H groups in total. The van der Waals surface area contributed by atoms with E-state index in [0.717, 1.165) is 5.52 Å². The van der Waals surface area contributed by atoms with Crippen LogP contribution in [-0.2, 0) is 6.42 Å². The van der Waals surface area contributed by atoms with E-state index in [4.69, 9.17) is 0 Å². The number of carboxylic acids is 1. The predicted octanol–water partition coefficient (Wildman–Crippen LogP) is 2.33. The Morgan fingerprint density at radius 3 is 2.70 bits per heavy atom. The number of hydrogen-bond acceptors (Lipinski definition) is 3. The Labute approximate surface area is 114 Å². The van der Waals surface area contributed by atoms with Crippen LogP contribution in [0, 0.1) is 0 Å². The zero-order chi connectivity index (χ0) is 14.1. The molecule has 0 fully saturated rings. The van der Waals surface area contributed by atoms with Crippen molar-refractivity contribution in [2.45, 2.75) is 6.42 Å². The van der Waals surface area contributed by atoms with Crippen molar-refractivity contribution in [1.29, 1.82) is 0 Å². The van der Waals surface area contributed by atoms with E-state index < -0.39 is 5.97 Å². The van der Waals surface area contributed by atoms with Crippen LogP contribution in [-0.4, -0.2) is 25.6 Å². The number of pyridine rings is 1. The average Bonchev–Trinajstić information content (AvgIpc) is 2.84. The standard InChI is InChI=1S/C15H12N2O3/c18-13-7-2-1-4-10(13)8-14-16-9-11-5-3-6-12(15(19)20)17(11)14/h1-7,9,18H,8H2,(H,19,20). The maximum absolute atomic E-state index is 11.3. The van der Waals surface area contributed by atoms with Crippen molar-refractivity contribution >= 4 is 11.5 Å². The van der Waals surface area contributed by atoms with Crippen molar-refractivity contribution in [2.24, 2.45) is 0 Å². The molecule has 0 aliphatic carbocycles. The lowest BCUT2D eigenvalue weighted by Crippen LogP contribution is -2.08. The number of phenols is 1. The zero-order valence-corrected chi connectivity index (χ0v) is 10.5. The van der Waals surface area contributed by atoms with E-state index >= 15 is 0 Å². The highest BCUT2D eigenvalue weighted by molar-refractivity contribution is 5.86. The van der Waals surface area contributed by atoms with Gasteiger partial charge in [-0.05, 0) is 18.2 Å². The third-order valence-electron chi connectivity index (χ3n) is 3.18. The summed E-state index contributed by atoms with van der Waals surface area (Å²) in [7, 11) is 0. The highest BCUT2D eigenvalue weighted by atomic mass is 16.4. The number of rotatable bonds is 3. The van der Waals surface area contributed by atoms with Gasteiger partial charge in [0.1, 0.15) is 17.3 Å². The van der Waals surface area contributed by atoms with Crippen LogP contribution in [0.25, 0.3) is 5.52 Å². The SMILES string of the molecule is O=C(O)c1cccc2cnc(Cc3ccccc3O)n12. The maximum atomic E-state index is 11.3. The summed E-state index contributed by atoms with van der Waals surface area (Å²) >= 11 is 0. The topological polar surface area (TPSA) is 74.8 Å². The number of phenolic OH excluding ortho intramolecular Hbond substituents is 1. The Bertz CT molecular complexity index is 793. The Balaban J connectivity index is 2.13. The van der Waals surface area contributed by atoms with Gasteiger partial charge in [-0.2, -0.15) is 0 Å². The van der Waals surface area contributed by atoms with E-state index in [9.17, 15) is 15.0 Å². The summed E-state index contributed by atoms with van der Waals surface area (Å²) < 4.78 is 1.59. The Morgan fingerprint density at radius 1 is 1.15 bits per heavy atom. The summed E-state index contributed by atoms with van der Waals surface area (Å²) in [5.41, 5.74) is 1.58. The lowest BCUT2D eigenvalue weighted by molar-refractivity contribution is 0.0688. The summed E-state index contributed by atoms with van der Waals surface area (Å²) in [5, 5.41) is 19.1. The molecule has 3 aromatic rings. The number of carboxylic acid groups (broad SMARTS) is 1. The van der Waals surface area contributed by atoms with Crippen LogP contribution in [0.5, 0.6) is 5.75 Å². The van der Waals surface area contributed by atoms with E-state index in [1.165, 1.54) is 6.07 Å². The van der Waals surface area contributed by atoms with Gasteiger partial charge in [0.25, 0.3) is 0 Å². The molecule has 5 nitrogen and oxygen atoms in total. The van der Waals surface area contributed by atoms with E-state index in [1.807, 2.05) is 6.07 Å². The summed E-state index contributed by atoms with van der Waals surface area (Å²) in [6, 6.07) is 12.0. The van der Waals surface area contributed by atoms with Crippen molar-refractivity contribution in [1.82, 2.24) is 9.38 Å². The number of aromatic nitrogens is 2. The first kappa shape index (κ1) is 12.2. The molecule has 0 bridgehead atoms. The molecule has 0 saturated heterocycles. The number of fused-ring (bicyclic) bond motifs is 1. The molecule has 2 aromatic heterocycles. The molecule has 3 rings (SSSR count). The number of benzene rings is 1. The number of aromatic carboxylic acids is 1. The fraction of sp³-hybridized carbons (Fsp3) is 0.0667. The summed E-state index contributed by atoms with van der Waals surface area (Å²) in [6.45, 7) is 0. The summed E-state index contributed by atoms with van der Waals surface area (Å²) in [6.07, 6.45) is 1.99. The van der Waals surface area contributed by atoms with Crippen LogP contribution < -0.4 is 0 Å². The number of para-hydroxylation sites is 1. The first-order valence-electron chi connectivity index (χ1n) is 6.12. The monoisotopic (exact) mass is 268 g/mol. The normalized spacial score (nSPS) is 10.8. The van der Waals surface area contributed by atoms with Crippen molar-refractivity contribution in [2.75, 3.05) is 0 Å². The molecular formula is C15H12N2O3. The van der Waals surface area contributed by atoms with Gasteiger partial charge in [0.2, 0.25) is 0 Å². The molecule has 0 spiro atoms. The zero-order valence-electron chi connectivity index (χ0n) is 10.5. The molecule has 20 heavy (non-hydrogen) atoms. The molecule has 0 aliphatic heterocycles. The van der Waals surface area contributed by atoms with E-state index in [1.54, 1.807) is 40.9 Å². The molecule has 0 saturated carbocycles. The van der Waals surface area contributed by atoms with Gasteiger partial charge >= 0.3 is 5.97 Å². The Kier molecular flexibility index (Phi) is 2.87. The Hall–Kier alpha value is -2.82. The molecular weight excluding hydrogens is 256 g/mol. The number of aromatic hydroxyl groups is 1. The number of hydrogen-bond donors (Lipinski definition) is 2. The second kappa shape index (κ2) is 4.70. The van der Waals surface area contributed by atoms with Crippen LogP contribution in [0.4, 0.5) is 0 Å². The van der Waals surface area contributed by atoms with E-state index in [-0.39, 0.29) is 11.4 Å². The summed E-state index contributed by atoms with van der Waals surface area (Å²) in [5.74, 6) is -0.247. The predicted molar refractivity (Wildman–Crippen MR) is 73.1 cm³/mol. The van der Waals surface area contributed by atoms with Crippen LogP contribution >= 0.6 is 0 Å². The van der Waals surface area contributed by atoms with Gasteiger partial charge in [-0.1, -0.05) is 24.3 Å². The highest BCUT2D eigenvalue weighted by Gasteiger charge is 2.13. The first-order valence-corrected chi connectivity index (χ1v) is 6.12. The van der Waals surface area contributed by atoms with Gasteiger partial charge in [-0.25, -0.2) is 9.78 Å². The molecule has 0 amide bonds. The lowest BCUT2D eigenvalue weighted by Gasteiger charge is -2.06. The van der Waals surface area contributed by atoms with Gasteiger partial charge in [-0.3, -0.25) is 4.40 Å². The van der Waals surface area contributed by atoms with Crippen LogP contribution in [0.3, 0.4) is 0 Å². The van der Waals surface area contributed by atoms with Gasteiger partial charge in [-0.15, -0.1) is 0 Å². The number of nitrogens with zero attached hydrogens (tertiary/aromatic N) is 2. The maximum Gasteiger partial charge on any atom is 0.352 e. The van der Waals surface area contributed by atoms with Crippen molar-refractivity contribution in [3.63, 3.8) is 0 Å². The van der Waals surface area contributed by atoms with Gasteiger partial charge in [0.15, 0.2) is 0 Å². The highest BCUT2D eigenvalue weighted by Crippen LogP contribution is 2.20. The van der Waals surface area contributed by atoms with E-state index in [0.29, 0.717) is 17.8 Å². The van der Waals surface area contributed by atoms with E-state index in [2.05, 4.69) is 4.98 Å². The first-order chi connectivity index (χ1) is 9.66. The van der Waals surface area contributed by atoms with Crippen LogP contribution in [0.2, 0.25) is 0 Å². The largest absolute Gasteiger partial charge is 0.508 e. The molecule has 2 heterocycles. The quantitative estimate of drug-likeness (QED) is 0.764. The minimum atomic E-state index is -1.01. The van der Waals surface area contributed by atoms with Crippen molar-refractivity contribution in [3.05, 3.63) is 65.7 Å². The fourth-order valence-electron chi connectivity index (χ4n) is 2.24. The molecule has 1 aromatic carbocycles. The third kappa shape index (κ3) is 1.99. The fourth-order valence-corrected chi connectivity index (χ4v) is 2.24. The number of imidazole rings is 1. The third-order valence-corrected chi connectivity index (χ3v) is 3.18. The van der Waals surface area contributed by atoms with Crippen molar-refractivity contribution in [3.8, 4) is 5.75 Å². The minimum Gasteiger partial charge on any atom is -0.508 e. The smallest absolute Gasteiger partial charge is 0.352 e. The van der Waals surface area contributed by atoms with Crippen molar-refractivity contribution < 1.29 is 15.0 Å². The van der Waals surface area contributed by atoms with Gasteiger partial charge in [0.05, 0.1) is 11.7 Å². The van der Waals surface area contributed by atoms with Gasteiger partial charge < -0.3 is 10.2 Å². The second-order valence-electron chi connectivity index (χ2n) is 4.46. The molecule has 0 radical (unpaired) electrons. The average molecular weight is 268 g/mol. The molecule has 0 unspecified atom stereocenters. The molecule has 100 valence electrons. The lowest BCUT2D eigenvalue weighted by atomic mass is 10.1. The minimum absolute atomic E-state index is 0.158. The Morgan fingerprint density at radius 2 is 1.95 bits per heavy atom. The molecule has 0 aliphatic rings. The summed E-state index contributed by atoms with van der Waals surface area (Å²) in [4.78, 5) is 15.5. The second-order valence-corrected chi connectivity index (χ2v) is 4.46. The molecule has 5 heteroatoms. The van der Waals surface area contributed by atoms with Crippen LogP contribution in [0.1, 0.15) is 21.9 Å².